The Kier molecular flexibility index (Phi) is 8.73. The van der Waals surface area contributed by atoms with Gasteiger partial charge in [0.1, 0.15) is 5.69 Å². The van der Waals surface area contributed by atoms with E-state index in [0.29, 0.717) is 38.5 Å². The van der Waals surface area contributed by atoms with Gasteiger partial charge >= 0.3 is 6.03 Å². The molecule has 2 aliphatic heterocycles. The number of aromatic nitrogens is 1. The number of para-hydroxylation sites is 2. The number of benzene rings is 1. The van der Waals surface area contributed by atoms with Crippen LogP contribution in [0.25, 0.3) is 0 Å². The molecule has 1 aromatic carbocycles. The molecule has 2 saturated heterocycles. The highest BCUT2D eigenvalue weighted by Crippen LogP contribution is 2.31. The van der Waals surface area contributed by atoms with Gasteiger partial charge in [-0.2, -0.15) is 0 Å². The molecule has 9 heteroatoms. The minimum atomic E-state index is -0.187. The quantitative estimate of drug-likeness (QED) is 0.498. The Morgan fingerprint density at radius 2 is 1.89 bits per heavy atom. The fourth-order valence-electron chi connectivity index (χ4n) is 5.33. The highest BCUT2D eigenvalue weighted by Gasteiger charge is 2.26. The van der Waals surface area contributed by atoms with Gasteiger partial charge < -0.3 is 25.2 Å². The van der Waals surface area contributed by atoms with Crippen molar-refractivity contribution in [2.24, 2.45) is 0 Å². The first-order valence-electron chi connectivity index (χ1n) is 13.6. The Morgan fingerprint density at radius 3 is 2.68 bits per heavy atom. The lowest BCUT2D eigenvalue weighted by Crippen LogP contribution is -2.44. The van der Waals surface area contributed by atoms with E-state index in [-0.39, 0.29) is 17.9 Å². The molecule has 0 spiro atoms. The van der Waals surface area contributed by atoms with Gasteiger partial charge in [0.2, 0.25) is 0 Å². The number of allylic oxidation sites excluding steroid dienone is 1. The molecule has 3 aliphatic rings. The van der Waals surface area contributed by atoms with Crippen molar-refractivity contribution in [2.75, 3.05) is 56.2 Å². The summed E-state index contributed by atoms with van der Waals surface area (Å²) in [6.45, 7) is 5.14. The summed E-state index contributed by atoms with van der Waals surface area (Å²) in [4.78, 5) is 34.5. The van der Waals surface area contributed by atoms with Gasteiger partial charge in [-0.05, 0) is 57.1 Å². The maximum Gasteiger partial charge on any atom is 0.317 e. The van der Waals surface area contributed by atoms with Crippen LogP contribution in [0.4, 0.5) is 16.2 Å². The number of thiazole rings is 1. The highest BCUT2D eigenvalue weighted by atomic mass is 32.1. The van der Waals surface area contributed by atoms with Gasteiger partial charge in [0.05, 0.1) is 29.6 Å². The van der Waals surface area contributed by atoms with Gasteiger partial charge in [-0.15, -0.1) is 11.3 Å². The van der Waals surface area contributed by atoms with E-state index in [4.69, 9.17) is 9.72 Å². The van der Waals surface area contributed by atoms with Crippen LogP contribution in [-0.2, 0) is 4.74 Å². The molecule has 2 fully saturated rings. The number of ether oxygens (including phenoxy) is 1. The molecule has 5 rings (SSSR count). The summed E-state index contributed by atoms with van der Waals surface area (Å²) >= 11 is 1.54. The fraction of sp³-hybridized carbons (Fsp3) is 0.536. The number of piperidine rings is 1. The molecule has 37 heavy (non-hydrogen) atoms. The second kappa shape index (κ2) is 12.6. The van der Waals surface area contributed by atoms with Gasteiger partial charge in [0.15, 0.2) is 0 Å². The summed E-state index contributed by atoms with van der Waals surface area (Å²) in [5, 5.41) is 8.99. The van der Waals surface area contributed by atoms with Crippen molar-refractivity contribution in [1.82, 2.24) is 15.2 Å². The second-order valence-electron chi connectivity index (χ2n) is 9.99. The number of rotatable bonds is 7. The molecule has 2 N–H and O–H groups in total. The Morgan fingerprint density at radius 1 is 1.08 bits per heavy atom. The van der Waals surface area contributed by atoms with Crippen LogP contribution in [0, 0.1) is 0 Å². The Bertz CT molecular complexity index is 1100. The van der Waals surface area contributed by atoms with Crippen molar-refractivity contribution < 1.29 is 14.3 Å². The van der Waals surface area contributed by atoms with Crippen molar-refractivity contribution in [3.8, 4) is 0 Å². The van der Waals surface area contributed by atoms with Crippen LogP contribution >= 0.6 is 11.3 Å². The van der Waals surface area contributed by atoms with Gasteiger partial charge in [-0.1, -0.05) is 23.8 Å². The predicted octanol–water partition coefficient (Wildman–Crippen LogP) is 5.01. The van der Waals surface area contributed by atoms with Crippen LogP contribution in [0.2, 0.25) is 0 Å². The lowest BCUT2D eigenvalue weighted by molar-refractivity contribution is 0.102. The topological polar surface area (TPSA) is 86.8 Å². The molecule has 0 atom stereocenters. The molecular formula is C28H37N5O3S. The van der Waals surface area contributed by atoms with Crippen LogP contribution in [0.3, 0.4) is 0 Å². The van der Waals surface area contributed by atoms with Crippen molar-refractivity contribution >= 4 is 34.6 Å². The van der Waals surface area contributed by atoms with E-state index in [1.165, 1.54) is 31.3 Å². The van der Waals surface area contributed by atoms with E-state index in [9.17, 15) is 9.59 Å². The van der Waals surface area contributed by atoms with Crippen LogP contribution in [0.5, 0.6) is 0 Å². The maximum absolute atomic E-state index is 13.0. The molecular weight excluding hydrogens is 486 g/mol. The number of hydrogen-bond donors (Lipinski definition) is 2. The number of nitrogens with zero attached hydrogens (tertiary/aromatic N) is 3. The molecule has 0 unspecified atom stereocenters. The number of urea groups is 1. The minimum Gasteiger partial charge on any atom is -0.378 e. The van der Waals surface area contributed by atoms with E-state index in [0.717, 1.165) is 48.7 Å². The summed E-state index contributed by atoms with van der Waals surface area (Å²) in [5.74, 6) is 0.0942. The standard InChI is InChI=1S/C28H37N5O3S/c34-26(30-23-8-4-5-9-25(23)32-16-18-36-19-17-32)24-20-37-27(31-24)22-11-14-33(15-12-22)28(35)29-13-10-21-6-2-1-3-7-21/h4-6,8-9,20,22H,1-3,7,10-19H2,(H,29,35)(H,30,34). The first kappa shape index (κ1) is 25.7. The first-order chi connectivity index (χ1) is 18.2. The molecule has 2 aromatic rings. The number of carbonyl (C=O) groups excluding carboxylic acids is 2. The smallest absolute Gasteiger partial charge is 0.317 e. The number of nitrogens with one attached hydrogen (secondary N) is 2. The van der Waals surface area contributed by atoms with Crippen molar-refractivity contribution in [3.63, 3.8) is 0 Å². The first-order valence-corrected chi connectivity index (χ1v) is 14.4. The van der Waals surface area contributed by atoms with E-state index < -0.39 is 0 Å². The number of hydrogen-bond acceptors (Lipinski definition) is 6. The Hall–Kier alpha value is -2.91. The zero-order chi connectivity index (χ0) is 25.5. The summed E-state index contributed by atoms with van der Waals surface area (Å²) in [7, 11) is 0. The van der Waals surface area contributed by atoms with Gasteiger partial charge in [0, 0.05) is 44.0 Å². The summed E-state index contributed by atoms with van der Waals surface area (Å²) < 4.78 is 5.47. The molecule has 1 aromatic heterocycles. The molecule has 0 saturated carbocycles. The average molecular weight is 524 g/mol. The largest absolute Gasteiger partial charge is 0.378 e. The van der Waals surface area contributed by atoms with Crippen LogP contribution in [-0.4, -0.2) is 67.8 Å². The normalized spacial score (nSPS) is 18.9. The van der Waals surface area contributed by atoms with Crippen LogP contribution < -0.4 is 15.5 Å². The predicted molar refractivity (Wildman–Crippen MR) is 148 cm³/mol. The molecule has 0 bridgehead atoms. The van der Waals surface area contributed by atoms with E-state index >= 15 is 0 Å². The van der Waals surface area contributed by atoms with Crippen molar-refractivity contribution in [2.45, 2.75) is 50.9 Å². The molecule has 198 valence electrons. The molecule has 3 amide bonds. The summed E-state index contributed by atoms with van der Waals surface area (Å²) in [6, 6.07) is 7.92. The maximum atomic E-state index is 13.0. The Labute approximate surface area is 223 Å². The molecule has 1 aliphatic carbocycles. The number of morpholine rings is 1. The fourth-order valence-corrected chi connectivity index (χ4v) is 6.30. The monoisotopic (exact) mass is 523 g/mol. The summed E-state index contributed by atoms with van der Waals surface area (Å²) in [6.07, 6.45) is 9.96. The highest BCUT2D eigenvalue weighted by molar-refractivity contribution is 7.10. The third kappa shape index (κ3) is 6.70. The number of anilines is 2. The lowest BCUT2D eigenvalue weighted by atomic mass is 9.97. The minimum absolute atomic E-state index is 0.0352. The number of carbonyl (C=O) groups is 2. The third-order valence-corrected chi connectivity index (χ3v) is 8.50. The Balaban J connectivity index is 1.10. The second-order valence-corrected chi connectivity index (χ2v) is 10.9. The van der Waals surface area contributed by atoms with Gasteiger partial charge in [0.25, 0.3) is 5.91 Å². The van der Waals surface area contributed by atoms with Crippen molar-refractivity contribution in [3.05, 3.63) is 52.0 Å². The third-order valence-electron chi connectivity index (χ3n) is 7.50. The number of likely N-dealkylation sites (tertiary alicyclic amines) is 1. The average Bonchev–Trinajstić information content (AvgIpc) is 3.45. The number of amides is 3. The summed E-state index contributed by atoms with van der Waals surface area (Å²) in [5.41, 5.74) is 3.74. The van der Waals surface area contributed by atoms with Crippen LogP contribution in [0.1, 0.15) is 66.4 Å². The van der Waals surface area contributed by atoms with Crippen LogP contribution in [0.15, 0.2) is 41.3 Å². The van der Waals surface area contributed by atoms with E-state index in [1.807, 2.05) is 34.5 Å². The molecule has 3 heterocycles. The molecule has 0 radical (unpaired) electrons. The zero-order valence-electron chi connectivity index (χ0n) is 21.4. The van der Waals surface area contributed by atoms with Crippen molar-refractivity contribution in [1.29, 1.82) is 0 Å². The zero-order valence-corrected chi connectivity index (χ0v) is 22.2. The van der Waals surface area contributed by atoms with Gasteiger partial charge in [-0.3, -0.25) is 4.79 Å². The SMILES string of the molecule is O=C(Nc1ccccc1N1CCOCC1)c1csc(C2CCN(C(=O)NCCC3=CCCCC3)CC2)n1. The van der Waals surface area contributed by atoms with E-state index in [1.54, 1.807) is 11.3 Å². The molecule has 8 nitrogen and oxygen atoms in total. The van der Waals surface area contributed by atoms with E-state index in [2.05, 4.69) is 21.6 Å². The lowest BCUT2D eigenvalue weighted by Gasteiger charge is -2.31. The van der Waals surface area contributed by atoms with Gasteiger partial charge in [-0.25, -0.2) is 9.78 Å².